The summed E-state index contributed by atoms with van der Waals surface area (Å²) in [5.41, 5.74) is 0.993. The highest BCUT2D eigenvalue weighted by Crippen LogP contribution is 2.36. The molecule has 1 aromatic carbocycles. The first-order valence-corrected chi connectivity index (χ1v) is 11.8. The Kier molecular flexibility index (Phi) is 6.43. The van der Waals surface area contributed by atoms with Crippen molar-refractivity contribution in [3.8, 4) is 0 Å². The number of allylic oxidation sites excluding steroid dienone is 4. The lowest BCUT2D eigenvalue weighted by molar-refractivity contribution is 0.103. The number of aryl methyl sites for hydroxylation is 1. The van der Waals surface area contributed by atoms with Crippen LogP contribution in [0.15, 0.2) is 72.8 Å². The molecular formula is C19H19I2NO3S. The fourth-order valence-electron chi connectivity index (χ4n) is 3.05. The van der Waals surface area contributed by atoms with Crippen LogP contribution in [0.1, 0.15) is 5.56 Å². The fraction of sp³-hybridized carbons (Fsp3) is 0.263. The van der Waals surface area contributed by atoms with Gasteiger partial charge in [0.1, 0.15) is 0 Å². The average Bonchev–Trinajstić information content (AvgIpc) is 3.21. The summed E-state index contributed by atoms with van der Waals surface area (Å²) >= 11 is 4.39. The zero-order valence-electron chi connectivity index (χ0n) is 14.0. The summed E-state index contributed by atoms with van der Waals surface area (Å²) in [7, 11) is -3.75. The second-order valence-corrected chi connectivity index (χ2v) is 10.6. The van der Waals surface area contributed by atoms with Crippen molar-refractivity contribution in [3.63, 3.8) is 0 Å². The van der Waals surface area contributed by atoms with Crippen LogP contribution in [0.4, 0.5) is 0 Å². The topological polar surface area (TPSA) is 66.4 Å². The highest BCUT2D eigenvalue weighted by molar-refractivity contribution is 14.1. The van der Waals surface area contributed by atoms with Crippen molar-refractivity contribution in [3.05, 3.63) is 73.4 Å². The first-order valence-electron chi connectivity index (χ1n) is 8.14. The molecule has 0 saturated carbocycles. The van der Waals surface area contributed by atoms with Gasteiger partial charge in [-0.3, -0.25) is 0 Å². The van der Waals surface area contributed by atoms with Crippen LogP contribution in [-0.2, 0) is 10.0 Å². The molecular weight excluding hydrogens is 576 g/mol. The number of rotatable bonds is 6. The molecule has 26 heavy (non-hydrogen) atoms. The smallest absolute Gasteiger partial charge is 0.240 e. The van der Waals surface area contributed by atoms with Crippen molar-refractivity contribution in [2.75, 3.05) is 0 Å². The Labute approximate surface area is 181 Å². The number of halogens is 2. The van der Waals surface area contributed by atoms with Crippen molar-refractivity contribution in [2.45, 2.75) is 24.0 Å². The largest absolute Gasteiger partial charge is 0.390 e. The van der Waals surface area contributed by atoms with Gasteiger partial charge in [0.2, 0.25) is 10.0 Å². The van der Waals surface area contributed by atoms with Crippen LogP contribution in [0, 0.1) is 18.8 Å². The van der Waals surface area contributed by atoms with Crippen molar-refractivity contribution in [2.24, 2.45) is 11.8 Å². The van der Waals surface area contributed by atoms with E-state index in [-0.39, 0.29) is 16.7 Å². The predicted octanol–water partition coefficient (Wildman–Crippen LogP) is 4.01. The monoisotopic (exact) mass is 595 g/mol. The third kappa shape index (κ3) is 4.32. The summed E-state index contributed by atoms with van der Waals surface area (Å²) in [5.74, 6) is -0.399. The number of sulfonamides is 1. The van der Waals surface area contributed by atoms with Crippen LogP contribution in [0.2, 0.25) is 0 Å². The second-order valence-electron chi connectivity index (χ2n) is 6.38. The van der Waals surface area contributed by atoms with Gasteiger partial charge >= 0.3 is 0 Å². The lowest BCUT2D eigenvalue weighted by atomic mass is 9.89. The van der Waals surface area contributed by atoms with Crippen LogP contribution < -0.4 is 4.72 Å². The Balaban J connectivity index is 1.92. The Morgan fingerprint density at radius 2 is 1.54 bits per heavy atom. The van der Waals surface area contributed by atoms with E-state index in [1.165, 1.54) is 0 Å². The highest BCUT2D eigenvalue weighted by atomic mass is 127. The molecule has 0 amide bonds. The van der Waals surface area contributed by atoms with Gasteiger partial charge in [0.15, 0.2) is 0 Å². The van der Waals surface area contributed by atoms with E-state index >= 15 is 0 Å². The molecule has 0 spiro atoms. The van der Waals surface area contributed by atoms with Crippen LogP contribution in [0.3, 0.4) is 0 Å². The SMILES string of the molecule is Cc1ccc(S(=O)(=O)N[C@H](C2C=CC=C2I)[C@@H](O)C2C=CC=C2I)cc1. The van der Waals surface area contributed by atoms with E-state index in [2.05, 4.69) is 49.9 Å². The molecule has 4 atom stereocenters. The summed E-state index contributed by atoms with van der Waals surface area (Å²) in [4.78, 5) is 0.202. The fourth-order valence-corrected chi connectivity index (χ4v) is 5.91. The van der Waals surface area contributed by atoms with E-state index in [1.54, 1.807) is 24.3 Å². The molecule has 2 aliphatic rings. The van der Waals surface area contributed by atoms with E-state index in [0.29, 0.717) is 0 Å². The van der Waals surface area contributed by atoms with Crippen molar-refractivity contribution >= 4 is 55.2 Å². The average molecular weight is 595 g/mol. The van der Waals surface area contributed by atoms with Gasteiger partial charge in [0.25, 0.3) is 0 Å². The van der Waals surface area contributed by atoms with Crippen LogP contribution in [0.5, 0.6) is 0 Å². The minimum Gasteiger partial charge on any atom is -0.390 e. The molecule has 3 rings (SSSR count). The first kappa shape index (κ1) is 20.2. The van der Waals surface area contributed by atoms with Gasteiger partial charge in [-0.2, -0.15) is 0 Å². The molecule has 7 heteroatoms. The van der Waals surface area contributed by atoms with Crippen LogP contribution in [-0.4, -0.2) is 25.7 Å². The van der Waals surface area contributed by atoms with Gasteiger partial charge in [-0.1, -0.05) is 54.2 Å². The third-order valence-electron chi connectivity index (χ3n) is 4.53. The Hall–Kier alpha value is -0.490. The van der Waals surface area contributed by atoms with E-state index in [0.717, 1.165) is 12.7 Å². The van der Waals surface area contributed by atoms with E-state index in [9.17, 15) is 13.5 Å². The van der Waals surface area contributed by atoms with Gasteiger partial charge in [0.05, 0.1) is 17.0 Å². The predicted molar refractivity (Wildman–Crippen MR) is 121 cm³/mol. The molecule has 0 aromatic heterocycles. The molecule has 0 aliphatic heterocycles. The quantitative estimate of drug-likeness (QED) is 0.489. The Morgan fingerprint density at radius 3 is 2.04 bits per heavy atom. The summed E-state index contributed by atoms with van der Waals surface area (Å²) in [6.07, 6.45) is 10.6. The number of hydrogen-bond donors (Lipinski definition) is 2. The molecule has 2 N–H and O–H groups in total. The number of hydrogen-bond acceptors (Lipinski definition) is 3. The van der Waals surface area contributed by atoms with Crippen molar-refractivity contribution in [1.29, 1.82) is 0 Å². The van der Waals surface area contributed by atoms with Gasteiger partial charge in [-0.15, -0.1) is 0 Å². The van der Waals surface area contributed by atoms with Crippen LogP contribution in [0.25, 0.3) is 0 Å². The lowest BCUT2D eigenvalue weighted by Gasteiger charge is -2.32. The normalized spacial score (nSPS) is 24.5. The molecule has 2 aliphatic carbocycles. The number of aliphatic hydroxyl groups excluding tert-OH is 1. The molecule has 0 heterocycles. The summed E-state index contributed by atoms with van der Waals surface area (Å²) in [5, 5.41) is 11.0. The van der Waals surface area contributed by atoms with Gasteiger partial charge < -0.3 is 5.11 Å². The molecule has 0 bridgehead atoms. The van der Waals surface area contributed by atoms with Gasteiger partial charge in [-0.25, -0.2) is 13.1 Å². The Morgan fingerprint density at radius 1 is 1.00 bits per heavy atom. The maximum absolute atomic E-state index is 12.9. The number of benzene rings is 1. The molecule has 0 saturated heterocycles. The molecule has 1 aromatic rings. The van der Waals surface area contributed by atoms with Gasteiger partial charge in [0, 0.05) is 15.4 Å². The molecule has 2 unspecified atom stereocenters. The number of nitrogens with one attached hydrogen (secondary N) is 1. The zero-order chi connectivity index (χ0) is 18.9. The van der Waals surface area contributed by atoms with Crippen LogP contribution >= 0.6 is 45.2 Å². The molecule has 4 nitrogen and oxygen atoms in total. The van der Waals surface area contributed by atoms with E-state index in [4.69, 9.17) is 0 Å². The first-order chi connectivity index (χ1) is 12.3. The molecule has 138 valence electrons. The second kappa shape index (κ2) is 8.26. The summed E-state index contributed by atoms with van der Waals surface area (Å²) < 4.78 is 30.6. The summed E-state index contributed by atoms with van der Waals surface area (Å²) in [6.45, 7) is 1.91. The maximum Gasteiger partial charge on any atom is 0.240 e. The lowest BCUT2D eigenvalue weighted by Crippen LogP contribution is -2.50. The van der Waals surface area contributed by atoms with Crippen molar-refractivity contribution in [1.82, 2.24) is 4.72 Å². The maximum atomic E-state index is 12.9. The minimum atomic E-state index is -3.75. The highest BCUT2D eigenvalue weighted by Gasteiger charge is 2.38. The standard InChI is InChI=1S/C19H19I2NO3S/c1-12-8-10-13(11-9-12)26(24,25)22-18(14-4-2-6-16(14)20)19(23)15-5-3-7-17(15)21/h2-11,14-15,18-19,22-23H,1H3/t14?,15?,18-,19+/m1/s1. The number of aliphatic hydroxyl groups is 1. The Bertz CT molecular complexity index is 901. The summed E-state index contributed by atoms with van der Waals surface area (Å²) in [6, 6.07) is 6.06. The van der Waals surface area contributed by atoms with E-state index in [1.807, 2.05) is 43.4 Å². The van der Waals surface area contributed by atoms with Crippen molar-refractivity contribution < 1.29 is 13.5 Å². The minimum absolute atomic E-state index is 0.191. The zero-order valence-corrected chi connectivity index (χ0v) is 19.1. The third-order valence-corrected chi connectivity index (χ3v) is 8.16. The molecule has 0 fully saturated rings. The van der Waals surface area contributed by atoms with Gasteiger partial charge in [-0.05, 0) is 67.8 Å². The molecule has 0 radical (unpaired) electrons. The van der Waals surface area contributed by atoms with E-state index < -0.39 is 22.2 Å².